The second kappa shape index (κ2) is 16.0. The molecule has 0 aliphatic heterocycles. The number of halogens is 3. The number of nitrogens with zero attached hydrogens (tertiary/aromatic N) is 2. The van der Waals surface area contributed by atoms with Crippen LogP contribution < -0.4 is 15.4 Å². The third-order valence-corrected chi connectivity index (χ3v) is 12.7. The molecule has 2 aromatic rings. The molecule has 3 N–H and O–H groups in total. The molecule has 288 valence electrons. The lowest BCUT2D eigenvalue weighted by atomic mass is 9.93. The van der Waals surface area contributed by atoms with E-state index in [1.807, 2.05) is 6.92 Å². The van der Waals surface area contributed by atoms with E-state index in [1.54, 1.807) is 18.5 Å². The maximum absolute atomic E-state index is 14.0. The monoisotopic (exact) mass is 779 g/mol. The van der Waals surface area contributed by atoms with E-state index in [2.05, 4.69) is 33.5 Å². The number of unbranched alkanes of at least 4 members (excludes halogenated alkanes) is 2. The molecule has 17 heteroatoms. The summed E-state index contributed by atoms with van der Waals surface area (Å²) < 4.78 is 74.0. The van der Waals surface area contributed by atoms with Crippen LogP contribution in [0.15, 0.2) is 48.9 Å². The lowest BCUT2D eigenvalue weighted by Gasteiger charge is -2.26. The van der Waals surface area contributed by atoms with E-state index in [-0.39, 0.29) is 30.5 Å². The van der Waals surface area contributed by atoms with Crippen LogP contribution in [0.2, 0.25) is 0 Å². The van der Waals surface area contributed by atoms with Crippen LogP contribution in [0.4, 0.5) is 23.7 Å². The zero-order chi connectivity index (χ0) is 38.7. The molecule has 1 aromatic heterocycles. The summed E-state index contributed by atoms with van der Waals surface area (Å²) >= 11 is 1.21. The second-order valence-electron chi connectivity index (χ2n) is 13.8. The lowest BCUT2D eigenvalue weighted by Crippen LogP contribution is -2.54. The zero-order valence-electron chi connectivity index (χ0n) is 29.5. The Hall–Kier alpha value is -4.25. The number of carbonyl (C=O) groups excluding carboxylic acids is 4. The van der Waals surface area contributed by atoms with Gasteiger partial charge in [0.05, 0.1) is 34.0 Å². The van der Waals surface area contributed by atoms with E-state index in [4.69, 9.17) is 4.74 Å². The van der Waals surface area contributed by atoms with Crippen molar-refractivity contribution >= 4 is 50.9 Å². The van der Waals surface area contributed by atoms with E-state index in [1.165, 1.54) is 28.4 Å². The highest BCUT2D eigenvalue weighted by Gasteiger charge is 2.62. The first-order valence-corrected chi connectivity index (χ1v) is 20.0. The van der Waals surface area contributed by atoms with E-state index in [0.29, 0.717) is 37.2 Å². The van der Waals surface area contributed by atoms with Crippen molar-refractivity contribution in [1.82, 2.24) is 19.9 Å². The number of carbonyl (C=O) groups is 4. The van der Waals surface area contributed by atoms with Gasteiger partial charge in [-0.25, -0.2) is 18.2 Å². The number of aryl methyl sites for hydroxylation is 1. The van der Waals surface area contributed by atoms with Crippen molar-refractivity contribution in [3.05, 3.63) is 60.1 Å². The molecule has 1 aromatic carbocycles. The largest absolute Gasteiger partial charge is 0.446 e. The molecule has 53 heavy (non-hydrogen) atoms. The van der Waals surface area contributed by atoms with Crippen molar-refractivity contribution < 1.29 is 45.5 Å². The smallest absolute Gasteiger partial charge is 0.416 e. The number of anilines is 1. The lowest BCUT2D eigenvalue weighted by molar-refractivity contribution is -0.140. The fourth-order valence-corrected chi connectivity index (χ4v) is 8.91. The number of allylic oxidation sites excluding steroid dienone is 1. The molecule has 3 saturated carbocycles. The molecule has 5 unspecified atom stereocenters. The number of hydrogen-bond donors (Lipinski definition) is 3. The molecular weight excluding hydrogens is 736 g/mol. The molecule has 4 amide bonds. The first-order valence-electron chi connectivity index (χ1n) is 17.5. The highest BCUT2D eigenvalue weighted by atomic mass is 32.2. The maximum Gasteiger partial charge on any atom is 0.416 e. The molecule has 3 fully saturated rings. The third-order valence-electron chi connectivity index (χ3n) is 9.95. The summed E-state index contributed by atoms with van der Waals surface area (Å²) in [5.41, 5.74) is -1.79. The predicted molar refractivity (Wildman–Crippen MR) is 193 cm³/mol. The second-order valence-corrected chi connectivity index (χ2v) is 16.6. The minimum Gasteiger partial charge on any atom is -0.446 e. The number of hydrogen-bond acceptors (Lipinski definition) is 9. The summed E-state index contributed by atoms with van der Waals surface area (Å²) in [6.45, 7) is 9.67. The number of alkyl halides is 3. The number of ether oxygens (including phenoxy) is 1. The summed E-state index contributed by atoms with van der Waals surface area (Å²) in [7, 11) is -2.33. The Kier molecular flexibility index (Phi) is 12.1. The van der Waals surface area contributed by atoms with Gasteiger partial charge < -0.3 is 15.0 Å². The fourth-order valence-electron chi connectivity index (χ4n) is 6.60. The van der Waals surface area contributed by atoms with Crippen LogP contribution in [0.5, 0.6) is 0 Å². The number of rotatable bonds is 16. The molecule has 1 heterocycles. The van der Waals surface area contributed by atoms with Crippen LogP contribution in [-0.2, 0) is 41.7 Å². The Labute approximate surface area is 310 Å². The van der Waals surface area contributed by atoms with E-state index < -0.39 is 80.2 Å². The van der Waals surface area contributed by atoms with Crippen molar-refractivity contribution in [2.75, 3.05) is 18.9 Å². The molecule has 0 bridgehead atoms. The maximum atomic E-state index is 14.0. The molecule has 3 aliphatic carbocycles. The molecular formula is C36H44F3N5O7S2. The van der Waals surface area contributed by atoms with Crippen molar-refractivity contribution in [3.8, 4) is 10.6 Å². The summed E-state index contributed by atoms with van der Waals surface area (Å²) in [5, 5.41) is 6.61. The Balaban J connectivity index is 1.35. The molecule has 12 nitrogen and oxygen atoms in total. The molecule has 5 atom stereocenters. The van der Waals surface area contributed by atoms with Gasteiger partial charge in [0, 0.05) is 30.5 Å². The number of thiazole rings is 1. The van der Waals surface area contributed by atoms with Gasteiger partial charge in [-0.05, 0) is 76.0 Å². The minimum absolute atomic E-state index is 0.0801. The number of aromatic nitrogens is 1. The van der Waals surface area contributed by atoms with Gasteiger partial charge in [0.25, 0.3) is 5.91 Å². The number of sulfonamides is 1. The van der Waals surface area contributed by atoms with E-state index >= 15 is 0 Å². The minimum atomic E-state index is -4.70. The molecule has 5 rings (SSSR count). The Morgan fingerprint density at radius 1 is 1.13 bits per heavy atom. The van der Waals surface area contributed by atoms with Crippen LogP contribution in [0.1, 0.15) is 69.5 Å². The van der Waals surface area contributed by atoms with Crippen LogP contribution in [0.3, 0.4) is 0 Å². The standard InChI is InChI=1S/C36H44F3N5O7S2/c1-5-8-9-10-15-44(4)32(46)28-18-24(17-27(28)30(45)42-35(19-21(35)6-2)33(47)43-53(49,50)25-12-13-25)51-34(48)41-29-16-22(36(37,38)39)11-14-26(29)31-40-23(7-3)20-52-31/h5-6,11,14,16,20-21,24-25,27-28H,1-2,7-10,12-13,15,17-19H2,3-4H3,(H,41,48)(H,42,45)(H,43,47). The Bertz CT molecular complexity index is 1860. The number of benzene rings is 1. The van der Waals surface area contributed by atoms with E-state index in [9.17, 15) is 40.8 Å². The molecule has 0 spiro atoms. The van der Waals surface area contributed by atoms with Gasteiger partial charge >= 0.3 is 12.3 Å². The van der Waals surface area contributed by atoms with Gasteiger partial charge in [0.2, 0.25) is 21.8 Å². The number of nitrogens with one attached hydrogen (secondary N) is 3. The normalized spacial score (nSPS) is 23.8. The van der Waals surface area contributed by atoms with Gasteiger partial charge in [-0.15, -0.1) is 24.5 Å². The van der Waals surface area contributed by atoms with E-state index in [0.717, 1.165) is 30.7 Å². The van der Waals surface area contributed by atoms with Crippen LogP contribution in [-0.4, -0.2) is 72.6 Å². The average Bonchev–Trinajstić information content (AvgIpc) is 3.99. The first kappa shape index (κ1) is 39.9. The van der Waals surface area contributed by atoms with Crippen LogP contribution >= 0.6 is 11.3 Å². The van der Waals surface area contributed by atoms with Gasteiger partial charge in [0.15, 0.2) is 0 Å². The van der Waals surface area contributed by atoms with Crippen molar-refractivity contribution in [1.29, 1.82) is 0 Å². The molecule has 3 aliphatic rings. The predicted octanol–water partition coefficient (Wildman–Crippen LogP) is 5.82. The first-order chi connectivity index (χ1) is 25.0. The topological polar surface area (TPSA) is 164 Å². The van der Waals surface area contributed by atoms with Crippen molar-refractivity contribution in [3.63, 3.8) is 0 Å². The highest BCUT2D eigenvalue weighted by Crippen LogP contribution is 2.46. The fraction of sp³-hybridized carbons (Fsp3) is 0.528. The third kappa shape index (κ3) is 9.28. The zero-order valence-corrected chi connectivity index (χ0v) is 31.2. The van der Waals surface area contributed by atoms with Gasteiger partial charge in [-0.1, -0.05) is 19.1 Å². The average molecular weight is 780 g/mol. The van der Waals surface area contributed by atoms with Crippen molar-refractivity contribution in [2.24, 2.45) is 17.8 Å². The summed E-state index contributed by atoms with van der Waals surface area (Å²) in [4.78, 5) is 60.3. The molecule has 0 saturated heterocycles. The summed E-state index contributed by atoms with van der Waals surface area (Å²) in [6, 6.07) is 2.92. The van der Waals surface area contributed by atoms with Gasteiger partial charge in [0.1, 0.15) is 16.7 Å². The SMILES string of the molecule is C=CCCCCN(C)C(=O)C1CC(OC(=O)Nc2cc(C(F)(F)F)ccc2-c2nc(CC)cs2)CC1C(=O)NC1(C(=O)NS(=O)(=O)C2CC2)CC1C=C. The molecule has 0 radical (unpaired) electrons. The van der Waals surface area contributed by atoms with Crippen molar-refractivity contribution in [2.45, 2.75) is 87.8 Å². The summed E-state index contributed by atoms with van der Waals surface area (Å²) in [5.74, 6) is -4.61. The quantitative estimate of drug-likeness (QED) is 0.142. The highest BCUT2D eigenvalue weighted by molar-refractivity contribution is 7.91. The Morgan fingerprint density at radius 3 is 2.45 bits per heavy atom. The van der Waals surface area contributed by atoms with Gasteiger partial charge in [-0.3, -0.25) is 24.4 Å². The summed E-state index contributed by atoms with van der Waals surface area (Å²) in [6.07, 6.45) is -0.0567. The van der Waals surface area contributed by atoms with Gasteiger partial charge in [-0.2, -0.15) is 13.2 Å². The Morgan fingerprint density at radius 2 is 1.85 bits per heavy atom. The van der Waals surface area contributed by atoms with Crippen LogP contribution in [0, 0.1) is 17.8 Å². The number of amides is 4. The van der Waals surface area contributed by atoms with Crippen LogP contribution in [0.25, 0.3) is 10.6 Å².